The molecule has 1 aromatic carbocycles. The fraction of sp³-hybridized carbons (Fsp3) is 0.533. The van der Waals surface area contributed by atoms with Crippen molar-refractivity contribution in [2.75, 3.05) is 6.54 Å². The Morgan fingerprint density at radius 3 is 2.57 bits per heavy atom. The standard InChI is InChI=1S/C15H17BrF3NO/c1-9-3-6-12(16)7-13(9)14(21)20(8-15(17,18)19)10(2)11-4-5-11/h3,6-7,10-11H,4-5,8H2,1-2H3. The molecule has 0 bridgehead atoms. The first-order valence-electron chi connectivity index (χ1n) is 6.83. The van der Waals surface area contributed by atoms with Gasteiger partial charge in [-0.2, -0.15) is 13.2 Å². The van der Waals surface area contributed by atoms with Gasteiger partial charge in [0.15, 0.2) is 0 Å². The maximum Gasteiger partial charge on any atom is 0.406 e. The van der Waals surface area contributed by atoms with Crippen molar-refractivity contribution in [1.82, 2.24) is 4.90 Å². The largest absolute Gasteiger partial charge is 0.406 e. The number of nitrogens with zero attached hydrogens (tertiary/aromatic N) is 1. The molecule has 2 rings (SSSR count). The fourth-order valence-corrected chi connectivity index (χ4v) is 2.77. The summed E-state index contributed by atoms with van der Waals surface area (Å²) in [6.45, 7) is 2.23. The summed E-state index contributed by atoms with van der Waals surface area (Å²) in [6.07, 6.45) is -2.61. The van der Waals surface area contributed by atoms with Gasteiger partial charge in [-0.25, -0.2) is 0 Å². The van der Waals surface area contributed by atoms with Crippen LogP contribution in [0.2, 0.25) is 0 Å². The Bertz CT molecular complexity index is 540. The molecule has 0 spiro atoms. The zero-order valence-electron chi connectivity index (χ0n) is 11.9. The lowest BCUT2D eigenvalue weighted by atomic mass is 10.1. The van der Waals surface area contributed by atoms with E-state index in [-0.39, 0.29) is 5.92 Å². The van der Waals surface area contributed by atoms with Crippen LogP contribution in [0.5, 0.6) is 0 Å². The van der Waals surface area contributed by atoms with Crippen LogP contribution in [0.1, 0.15) is 35.7 Å². The zero-order chi connectivity index (χ0) is 15.8. The molecule has 1 amide bonds. The highest BCUT2D eigenvalue weighted by Crippen LogP contribution is 2.37. The van der Waals surface area contributed by atoms with Gasteiger partial charge in [0.05, 0.1) is 0 Å². The van der Waals surface area contributed by atoms with E-state index in [0.717, 1.165) is 17.7 Å². The van der Waals surface area contributed by atoms with Crippen LogP contribution in [0.15, 0.2) is 22.7 Å². The Morgan fingerprint density at radius 1 is 1.43 bits per heavy atom. The molecule has 1 aliphatic carbocycles. The lowest BCUT2D eigenvalue weighted by molar-refractivity contribution is -0.144. The molecule has 1 fully saturated rings. The van der Waals surface area contributed by atoms with Gasteiger partial charge in [-0.05, 0) is 50.3 Å². The first kappa shape index (κ1) is 16.3. The average Bonchev–Trinajstić information content (AvgIpc) is 3.20. The lowest BCUT2D eigenvalue weighted by Crippen LogP contribution is -2.45. The summed E-state index contributed by atoms with van der Waals surface area (Å²) in [5.74, 6) is -0.366. The van der Waals surface area contributed by atoms with Gasteiger partial charge in [0.1, 0.15) is 6.54 Å². The molecule has 0 N–H and O–H groups in total. The van der Waals surface area contributed by atoms with Gasteiger partial charge >= 0.3 is 6.18 Å². The molecule has 1 unspecified atom stereocenters. The zero-order valence-corrected chi connectivity index (χ0v) is 13.5. The highest BCUT2D eigenvalue weighted by Gasteiger charge is 2.40. The first-order valence-corrected chi connectivity index (χ1v) is 7.62. The van der Waals surface area contributed by atoms with Crippen LogP contribution in [-0.4, -0.2) is 29.6 Å². The van der Waals surface area contributed by atoms with Gasteiger partial charge in [-0.3, -0.25) is 4.79 Å². The molecule has 1 atom stereocenters. The number of halogens is 4. The van der Waals surface area contributed by atoms with Crippen molar-refractivity contribution in [2.24, 2.45) is 5.92 Å². The van der Waals surface area contributed by atoms with Crippen LogP contribution >= 0.6 is 15.9 Å². The minimum atomic E-state index is -4.39. The van der Waals surface area contributed by atoms with Crippen LogP contribution in [0.4, 0.5) is 13.2 Å². The summed E-state index contributed by atoms with van der Waals surface area (Å²) < 4.78 is 39.1. The van der Waals surface area contributed by atoms with Crippen molar-refractivity contribution >= 4 is 21.8 Å². The number of carbonyl (C=O) groups excluding carboxylic acids is 1. The highest BCUT2D eigenvalue weighted by atomic mass is 79.9. The van der Waals surface area contributed by atoms with E-state index in [1.165, 1.54) is 0 Å². The molecule has 1 aromatic rings. The van der Waals surface area contributed by atoms with Gasteiger partial charge in [-0.15, -0.1) is 0 Å². The van der Waals surface area contributed by atoms with Gasteiger partial charge in [0, 0.05) is 16.1 Å². The molecule has 0 aromatic heterocycles. The molecular weight excluding hydrogens is 347 g/mol. The summed E-state index contributed by atoms with van der Waals surface area (Å²) in [6, 6.07) is 4.69. The molecule has 2 nitrogen and oxygen atoms in total. The Morgan fingerprint density at radius 2 is 2.05 bits per heavy atom. The Balaban J connectivity index is 2.30. The van der Waals surface area contributed by atoms with Gasteiger partial charge < -0.3 is 4.90 Å². The monoisotopic (exact) mass is 363 g/mol. The van der Waals surface area contributed by atoms with E-state index < -0.39 is 24.7 Å². The van der Waals surface area contributed by atoms with Crippen molar-refractivity contribution in [3.63, 3.8) is 0 Å². The minimum absolute atomic E-state index is 0.184. The summed E-state index contributed by atoms with van der Waals surface area (Å²) in [4.78, 5) is 13.5. The van der Waals surface area contributed by atoms with E-state index in [4.69, 9.17) is 0 Å². The fourth-order valence-electron chi connectivity index (χ4n) is 2.41. The molecule has 1 aliphatic rings. The topological polar surface area (TPSA) is 20.3 Å². The molecular formula is C15H17BrF3NO. The van der Waals surface area contributed by atoms with Crippen molar-refractivity contribution in [2.45, 2.75) is 38.9 Å². The second-order valence-corrected chi connectivity index (χ2v) is 6.50. The van der Waals surface area contributed by atoms with E-state index >= 15 is 0 Å². The van der Waals surface area contributed by atoms with Crippen molar-refractivity contribution in [3.8, 4) is 0 Å². The van der Waals surface area contributed by atoms with Crippen LogP contribution in [0, 0.1) is 12.8 Å². The predicted molar refractivity (Wildman–Crippen MR) is 78.2 cm³/mol. The number of rotatable bonds is 4. The Hall–Kier alpha value is -1.04. The minimum Gasteiger partial charge on any atom is -0.327 e. The summed E-state index contributed by atoms with van der Waals surface area (Å²) >= 11 is 3.26. The SMILES string of the molecule is Cc1ccc(Br)cc1C(=O)N(CC(F)(F)F)C(C)C1CC1. The van der Waals surface area contributed by atoms with Gasteiger partial charge in [-0.1, -0.05) is 22.0 Å². The maximum absolute atomic E-state index is 12.8. The molecule has 1 saturated carbocycles. The number of benzene rings is 1. The third-order valence-electron chi connectivity index (χ3n) is 3.84. The Kier molecular flexibility index (Phi) is 4.66. The first-order chi connectivity index (χ1) is 9.69. The van der Waals surface area contributed by atoms with E-state index in [1.807, 2.05) is 0 Å². The van der Waals surface area contributed by atoms with Crippen molar-refractivity contribution in [3.05, 3.63) is 33.8 Å². The molecule has 116 valence electrons. The third-order valence-corrected chi connectivity index (χ3v) is 4.33. The maximum atomic E-state index is 12.8. The molecule has 0 aliphatic heterocycles. The number of hydrogen-bond donors (Lipinski definition) is 0. The number of amides is 1. The normalized spacial score (nSPS) is 16.7. The van der Waals surface area contributed by atoms with Crippen molar-refractivity contribution < 1.29 is 18.0 Å². The van der Waals surface area contributed by atoms with E-state index in [9.17, 15) is 18.0 Å². The van der Waals surface area contributed by atoms with Gasteiger partial charge in [0.2, 0.25) is 0 Å². The second kappa shape index (κ2) is 5.99. The summed E-state index contributed by atoms with van der Waals surface area (Å²) in [7, 11) is 0. The van der Waals surface area contributed by atoms with Crippen LogP contribution in [0.25, 0.3) is 0 Å². The summed E-state index contributed by atoms with van der Waals surface area (Å²) in [5.41, 5.74) is 1.000. The van der Waals surface area contributed by atoms with Crippen LogP contribution in [-0.2, 0) is 0 Å². The van der Waals surface area contributed by atoms with E-state index in [0.29, 0.717) is 15.6 Å². The molecule has 0 heterocycles. The third kappa shape index (κ3) is 4.22. The van der Waals surface area contributed by atoms with Crippen LogP contribution < -0.4 is 0 Å². The predicted octanol–water partition coefficient (Wildman–Crippen LogP) is 4.56. The number of alkyl halides is 3. The molecule has 6 heteroatoms. The second-order valence-electron chi connectivity index (χ2n) is 5.59. The summed E-state index contributed by atoms with van der Waals surface area (Å²) in [5, 5.41) is 0. The molecule has 21 heavy (non-hydrogen) atoms. The number of carbonyl (C=O) groups is 1. The van der Waals surface area contributed by atoms with E-state index in [1.54, 1.807) is 32.0 Å². The van der Waals surface area contributed by atoms with Gasteiger partial charge in [0.25, 0.3) is 5.91 Å². The molecule has 0 saturated heterocycles. The lowest BCUT2D eigenvalue weighted by Gasteiger charge is -2.30. The highest BCUT2D eigenvalue weighted by molar-refractivity contribution is 9.10. The number of hydrogen-bond acceptors (Lipinski definition) is 1. The Labute approximate surface area is 130 Å². The number of aryl methyl sites for hydroxylation is 1. The average molecular weight is 364 g/mol. The van der Waals surface area contributed by atoms with E-state index in [2.05, 4.69) is 15.9 Å². The van der Waals surface area contributed by atoms with Crippen molar-refractivity contribution in [1.29, 1.82) is 0 Å². The van der Waals surface area contributed by atoms with Crippen LogP contribution in [0.3, 0.4) is 0 Å². The molecule has 0 radical (unpaired) electrons. The quantitative estimate of drug-likeness (QED) is 0.767. The smallest absolute Gasteiger partial charge is 0.327 e.